The lowest BCUT2D eigenvalue weighted by Crippen LogP contribution is -2.59. The predicted molar refractivity (Wildman–Crippen MR) is 64.4 cm³/mol. The van der Waals surface area contributed by atoms with Gasteiger partial charge in [0.05, 0.1) is 5.54 Å². The van der Waals surface area contributed by atoms with Gasteiger partial charge in [-0.3, -0.25) is 4.79 Å². The molecule has 0 aliphatic heterocycles. The fourth-order valence-corrected chi connectivity index (χ4v) is 2.44. The van der Waals surface area contributed by atoms with Crippen LogP contribution in [0, 0.1) is 5.92 Å². The molecule has 0 heterocycles. The Bertz CT molecular complexity index is 306. The molecular weight excluding hydrogens is 220 g/mol. The lowest BCUT2D eigenvalue weighted by atomic mass is 9.76. The summed E-state index contributed by atoms with van der Waals surface area (Å²) in [6.45, 7) is 3.80. The summed E-state index contributed by atoms with van der Waals surface area (Å²) in [7, 11) is 0. The number of nitrogens with two attached hydrogens (primary N) is 1. The van der Waals surface area contributed by atoms with E-state index >= 15 is 0 Å². The van der Waals surface area contributed by atoms with Gasteiger partial charge >= 0.3 is 5.97 Å². The normalized spacial score (nSPS) is 30.6. The van der Waals surface area contributed by atoms with Crippen LogP contribution in [-0.2, 0) is 9.59 Å². The summed E-state index contributed by atoms with van der Waals surface area (Å²) in [5, 5.41) is 11.4. The molecule has 4 N–H and O–H groups in total. The van der Waals surface area contributed by atoms with Crippen LogP contribution < -0.4 is 11.1 Å². The predicted octanol–water partition coefficient (Wildman–Crippen LogP) is 0.873. The number of hydrogen-bond acceptors (Lipinski definition) is 3. The maximum Gasteiger partial charge on any atom is 0.326 e. The molecule has 3 atom stereocenters. The molecule has 17 heavy (non-hydrogen) atoms. The van der Waals surface area contributed by atoms with Gasteiger partial charge in [-0.25, -0.2) is 4.79 Å². The number of carboxylic acids is 1. The number of carboxylic acid groups (broad SMARTS) is 1. The third-order valence-electron chi connectivity index (χ3n) is 3.50. The van der Waals surface area contributed by atoms with Crippen LogP contribution in [0.25, 0.3) is 0 Å². The smallest absolute Gasteiger partial charge is 0.326 e. The second-order valence-corrected chi connectivity index (χ2v) is 5.13. The Balaban J connectivity index is 2.65. The highest BCUT2D eigenvalue weighted by Crippen LogP contribution is 2.30. The van der Waals surface area contributed by atoms with Crippen molar-refractivity contribution in [2.24, 2.45) is 11.7 Å². The molecule has 1 fully saturated rings. The molecule has 98 valence electrons. The largest absolute Gasteiger partial charge is 0.480 e. The monoisotopic (exact) mass is 242 g/mol. The van der Waals surface area contributed by atoms with Gasteiger partial charge in [0.2, 0.25) is 5.91 Å². The molecule has 1 saturated carbocycles. The Morgan fingerprint density at radius 3 is 2.71 bits per heavy atom. The zero-order chi connectivity index (χ0) is 13.1. The number of carbonyl (C=O) groups is 2. The molecule has 0 bridgehead atoms. The summed E-state index contributed by atoms with van der Waals surface area (Å²) >= 11 is 0. The van der Waals surface area contributed by atoms with E-state index in [4.69, 9.17) is 10.8 Å². The van der Waals surface area contributed by atoms with E-state index in [1.807, 2.05) is 0 Å². The average molecular weight is 242 g/mol. The SMILES string of the molecule is CCC(NC(=O)C1(N)CCCC(C)C1)C(=O)O. The van der Waals surface area contributed by atoms with E-state index in [2.05, 4.69) is 12.2 Å². The first kappa shape index (κ1) is 14.0. The summed E-state index contributed by atoms with van der Waals surface area (Å²) in [6.07, 6.45) is 3.65. The molecule has 1 aliphatic carbocycles. The van der Waals surface area contributed by atoms with Gasteiger partial charge in [-0.1, -0.05) is 26.7 Å². The Hall–Kier alpha value is -1.10. The van der Waals surface area contributed by atoms with Gasteiger partial charge < -0.3 is 16.2 Å². The van der Waals surface area contributed by atoms with Crippen molar-refractivity contribution in [3.05, 3.63) is 0 Å². The zero-order valence-corrected chi connectivity index (χ0v) is 10.5. The molecule has 0 spiro atoms. The highest BCUT2D eigenvalue weighted by atomic mass is 16.4. The van der Waals surface area contributed by atoms with Crippen LogP contribution in [0.15, 0.2) is 0 Å². The van der Waals surface area contributed by atoms with Crippen LogP contribution in [0.3, 0.4) is 0 Å². The summed E-state index contributed by atoms with van der Waals surface area (Å²) in [5.74, 6) is -0.906. The molecule has 3 unspecified atom stereocenters. The molecule has 0 aromatic carbocycles. The number of nitrogens with one attached hydrogen (secondary N) is 1. The maximum absolute atomic E-state index is 12.0. The van der Waals surface area contributed by atoms with E-state index < -0.39 is 17.6 Å². The first-order valence-corrected chi connectivity index (χ1v) is 6.21. The van der Waals surface area contributed by atoms with Crippen molar-refractivity contribution < 1.29 is 14.7 Å². The molecular formula is C12H22N2O3. The summed E-state index contributed by atoms with van der Waals surface area (Å²) < 4.78 is 0. The van der Waals surface area contributed by atoms with E-state index in [1.165, 1.54) is 0 Å². The number of carbonyl (C=O) groups excluding carboxylic acids is 1. The van der Waals surface area contributed by atoms with E-state index in [9.17, 15) is 9.59 Å². The van der Waals surface area contributed by atoms with Gasteiger partial charge in [0.25, 0.3) is 0 Å². The molecule has 5 nitrogen and oxygen atoms in total. The topological polar surface area (TPSA) is 92.4 Å². The second kappa shape index (κ2) is 5.49. The van der Waals surface area contributed by atoms with Crippen LogP contribution in [0.1, 0.15) is 46.0 Å². The molecule has 1 aliphatic rings. The number of rotatable bonds is 4. The molecule has 0 aromatic rings. The van der Waals surface area contributed by atoms with Gasteiger partial charge in [-0.15, -0.1) is 0 Å². The van der Waals surface area contributed by atoms with Gasteiger partial charge in [-0.05, 0) is 25.2 Å². The molecule has 0 radical (unpaired) electrons. The van der Waals surface area contributed by atoms with Crippen LogP contribution in [0.2, 0.25) is 0 Å². The minimum atomic E-state index is -1.01. The summed E-state index contributed by atoms with van der Waals surface area (Å²) in [5.41, 5.74) is 5.20. The lowest BCUT2D eigenvalue weighted by Gasteiger charge is -2.36. The van der Waals surface area contributed by atoms with Crippen molar-refractivity contribution in [2.75, 3.05) is 0 Å². The number of amides is 1. The highest BCUT2D eigenvalue weighted by molar-refractivity contribution is 5.90. The standard InChI is InChI=1S/C12H22N2O3/c1-3-9(10(15)16)14-11(17)12(13)6-4-5-8(2)7-12/h8-9H,3-7,13H2,1-2H3,(H,14,17)(H,15,16). The lowest BCUT2D eigenvalue weighted by molar-refractivity contribution is -0.143. The minimum Gasteiger partial charge on any atom is -0.480 e. The Morgan fingerprint density at radius 1 is 1.59 bits per heavy atom. The first-order chi connectivity index (χ1) is 7.89. The Morgan fingerprint density at radius 2 is 2.24 bits per heavy atom. The third kappa shape index (κ3) is 3.43. The fraction of sp³-hybridized carbons (Fsp3) is 0.833. The van der Waals surface area contributed by atoms with E-state index in [1.54, 1.807) is 6.92 Å². The van der Waals surface area contributed by atoms with Crippen molar-refractivity contribution in [3.63, 3.8) is 0 Å². The first-order valence-electron chi connectivity index (χ1n) is 6.21. The molecule has 1 rings (SSSR count). The Labute approximate surface area is 102 Å². The third-order valence-corrected chi connectivity index (χ3v) is 3.50. The quantitative estimate of drug-likeness (QED) is 0.682. The number of aliphatic carboxylic acids is 1. The van der Waals surface area contributed by atoms with E-state index in [0.29, 0.717) is 25.2 Å². The van der Waals surface area contributed by atoms with Gasteiger partial charge in [0.15, 0.2) is 0 Å². The van der Waals surface area contributed by atoms with Crippen molar-refractivity contribution in [1.82, 2.24) is 5.32 Å². The fourth-order valence-electron chi connectivity index (χ4n) is 2.44. The van der Waals surface area contributed by atoms with E-state index in [0.717, 1.165) is 12.8 Å². The van der Waals surface area contributed by atoms with E-state index in [-0.39, 0.29) is 5.91 Å². The van der Waals surface area contributed by atoms with Gasteiger partial charge in [0, 0.05) is 0 Å². The molecule has 0 saturated heterocycles. The van der Waals surface area contributed by atoms with Crippen molar-refractivity contribution >= 4 is 11.9 Å². The zero-order valence-electron chi connectivity index (χ0n) is 10.5. The summed E-state index contributed by atoms with van der Waals surface area (Å²) in [4.78, 5) is 22.9. The van der Waals surface area contributed by atoms with Crippen molar-refractivity contribution in [1.29, 1.82) is 0 Å². The second-order valence-electron chi connectivity index (χ2n) is 5.13. The minimum absolute atomic E-state index is 0.321. The van der Waals surface area contributed by atoms with Crippen LogP contribution >= 0.6 is 0 Å². The van der Waals surface area contributed by atoms with Gasteiger partial charge in [0.1, 0.15) is 6.04 Å². The molecule has 0 aromatic heterocycles. The summed E-state index contributed by atoms with van der Waals surface area (Å²) in [6, 6.07) is -0.833. The van der Waals surface area contributed by atoms with Crippen LogP contribution in [-0.4, -0.2) is 28.6 Å². The number of hydrogen-bond donors (Lipinski definition) is 3. The Kier molecular flexibility index (Phi) is 4.51. The van der Waals surface area contributed by atoms with Crippen molar-refractivity contribution in [3.8, 4) is 0 Å². The molecule has 1 amide bonds. The maximum atomic E-state index is 12.0. The molecule has 5 heteroatoms. The highest BCUT2D eigenvalue weighted by Gasteiger charge is 2.39. The van der Waals surface area contributed by atoms with Crippen LogP contribution in [0.4, 0.5) is 0 Å². The van der Waals surface area contributed by atoms with Crippen molar-refractivity contribution in [2.45, 2.75) is 57.5 Å². The van der Waals surface area contributed by atoms with Gasteiger partial charge in [-0.2, -0.15) is 0 Å². The van der Waals surface area contributed by atoms with Crippen LogP contribution in [0.5, 0.6) is 0 Å². The average Bonchev–Trinajstić information content (AvgIpc) is 2.24.